The molecule has 2 aromatic carbocycles. The van der Waals surface area contributed by atoms with E-state index in [1.54, 1.807) is 18.2 Å². The lowest BCUT2D eigenvalue weighted by Gasteiger charge is -2.15. The molecule has 0 bridgehead atoms. The van der Waals surface area contributed by atoms with Crippen LogP contribution in [-0.4, -0.2) is 5.71 Å². The van der Waals surface area contributed by atoms with Crippen molar-refractivity contribution in [2.75, 3.05) is 5.32 Å². The molecule has 3 nitrogen and oxygen atoms in total. The Balaban J connectivity index is 2.37. The van der Waals surface area contributed by atoms with Gasteiger partial charge in [-0.3, -0.25) is 0 Å². The number of halogens is 5. The maximum Gasteiger partial charge on any atom is 0.416 e. The maximum absolute atomic E-state index is 13.0. The van der Waals surface area contributed by atoms with Crippen LogP contribution < -0.4 is 5.32 Å². The molecular weight excluding hydrogens is 386 g/mol. The first-order valence-electron chi connectivity index (χ1n) is 7.26. The summed E-state index contributed by atoms with van der Waals surface area (Å²) in [7, 11) is 0. The maximum atomic E-state index is 13.0. The molecule has 2 N–H and O–H groups in total. The Bertz CT molecular complexity index is 900. The molecule has 0 unspecified atom stereocenters. The van der Waals surface area contributed by atoms with Crippen LogP contribution in [0.4, 0.5) is 18.9 Å². The van der Waals surface area contributed by atoms with E-state index in [2.05, 4.69) is 5.32 Å². The third-order valence-electron chi connectivity index (χ3n) is 3.45. The molecule has 0 fully saturated rings. The van der Waals surface area contributed by atoms with Gasteiger partial charge in [-0.05, 0) is 35.9 Å². The van der Waals surface area contributed by atoms with E-state index in [0.29, 0.717) is 15.6 Å². The number of alkyl halides is 3. The van der Waals surface area contributed by atoms with E-state index in [-0.39, 0.29) is 23.5 Å². The molecule has 0 aliphatic heterocycles. The van der Waals surface area contributed by atoms with Gasteiger partial charge in [0.25, 0.3) is 0 Å². The fraction of sp³-hybridized carbons (Fsp3) is 0.111. The molecule has 0 heterocycles. The topological polar surface area (TPSA) is 59.7 Å². The molecule has 8 heteroatoms. The Morgan fingerprint density at radius 1 is 1.19 bits per heavy atom. The van der Waals surface area contributed by atoms with Crippen molar-refractivity contribution in [1.82, 2.24) is 0 Å². The van der Waals surface area contributed by atoms with E-state index in [4.69, 9.17) is 33.9 Å². The lowest BCUT2D eigenvalue weighted by Crippen LogP contribution is -2.10. The molecular formula is C18H12Cl2F3N3. The first-order chi connectivity index (χ1) is 12.2. The Morgan fingerprint density at radius 3 is 2.54 bits per heavy atom. The number of allylic oxidation sites excluding steroid dienone is 2. The summed E-state index contributed by atoms with van der Waals surface area (Å²) in [5.41, 5.74) is 0.0412. The largest absolute Gasteiger partial charge is 0.416 e. The van der Waals surface area contributed by atoms with E-state index < -0.39 is 11.7 Å². The number of nitrogens with zero attached hydrogens (tertiary/aromatic N) is 1. The summed E-state index contributed by atoms with van der Waals surface area (Å²) in [6.45, 7) is 0.138. The summed E-state index contributed by atoms with van der Waals surface area (Å²) < 4.78 is 39.0. The van der Waals surface area contributed by atoms with Gasteiger partial charge < -0.3 is 10.7 Å². The normalized spacial score (nSPS) is 11.4. The standard InChI is InChI=1S/C18H12Cl2F3N3/c19-13-5-3-11(15(20)9-13)10-26-17-8-12(18(21,22)23)4-6-14(17)16(25)2-1-7-24/h1-6,8-9,25-26H,10H2/b2-1-,25-16?. The van der Waals surface area contributed by atoms with Crippen LogP contribution in [0.25, 0.3) is 0 Å². The zero-order valence-corrected chi connectivity index (χ0v) is 14.7. The molecule has 0 saturated carbocycles. The van der Waals surface area contributed by atoms with Crippen LogP contribution in [0, 0.1) is 16.7 Å². The first-order valence-corrected chi connectivity index (χ1v) is 8.02. The average molecular weight is 398 g/mol. The Labute approximate surface area is 158 Å². The van der Waals surface area contributed by atoms with Crippen LogP contribution in [-0.2, 0) is 12.7 Å². The molecule has 26 heavy (non-hydrogen) atoms. The van der Waals surface area contributed by atoms with Crippen LogP contribution in [0.1, 0.15) is 16.7 Å². The van der Waals surface area contributed by atoms with E-state index >= 15 is 0 Å². The van der Waals surface area contributed by atoms with Crippen LogP contribution in [0.5, 0.6) is 0 Å². The van der Waals surface area contributed by atoms with Gasteiger partial charge in [0, 0.05) is 33.9 Å². The van der Waals surface area contributed by atoms with Crippen molar-refractivity contribution in [2.45, 2.75) is 12.7 Å². The van der Waals surface area contributed by atoms with E-state index in [0.717, 1.165) is 18.2 Å². The van der Waals surface area contributed by atoms with Gasteiger partial charge in [0.1, 0.15) is 0 Å². The van der Waals surface area contributed by atoms with Crippen LogP contribution in [0.3, 0.4) is 0 Å². The minimum atomic E-state index is -4.52. The number of anilines is 1. The highest BCUT2D eigenvalue weighted by molar-refractivity contribution is 6.35. The van der Waals surface area contributed by atoms with Crippen molar-refractivity contribution < 1.29 is 13.2 Å². The van der Waals surface area contributed by atoms with Gasteiger partial charge >= 0.3 is 6.18 Å². The second-order valence-corrected chi connectivity index (χ2v) is 6.07. The van der Waals surface area contributed by atoms with Crippen molar-refractivity contribution >= 4 is 34.6 Å². The number of hydrogen-bond donors (Lipinski definition) is 2. The molecule has 2 rings (SSSR count). The molecule has 0 saturated heterocycles. The average Bonchev–Trinajstić information content (AvgIpc) is 2.58. The SMILES string of the molecule is N#C/C=C\C(=N)c1ccc(C(F)(F)F)cc1NCc1ccc(Cl)cc1Cl. The highest BCUT2D eigenvalue weighted by atomic mass is 35.5. The van der Waals surface area contributed by atoms with E-state index in [9.17, 15) is 13.2 Å². The van der Waals surface area contributed by atoms with Crippen LogP contribution in [0.15, 0.2) is 48.6 Å². The molecule has 134 valence electrons. The quantitative estimate of drug-likeness (QED) is 0.474. The van der Waals surface area contributed by atoms with E-state index in [1.807, 2.05) is 0 Å². The third kappa shape index (κ3) is 5.01. The summed E-state index contributed by atoms with van der Waals surface area (Å²) in [4.78, 5) is 0. The summed E-state index contributed by atoms with van der Waals surface area (Å²) in [6.07, 6.45) is -2.22. The summed E-state index contributed by atoms with van der Waals surface area (Å²) in [5, 5.41) is 20.2. The van der Waals surface area contributed by atoms with Gasteiger partial charge in [0.05, 0.1) is 17.3 Å². The van der Waals surface area contributed by atoms with Gasteiger partial charge in [0.2, 0.25) is 0 Å². The fourth-order valence-corrected chi connectivity index (χ4v) is 2.64. The molecule has 0 atom stereocenters. The Hall–Kier alpha value is -2.49. The van der Waals surface area contributed by atoms with Crippen molar-refractivity contribution in [1.29, 1.82) is 10.7 Å². The zero-order chi connectivity index (χ0) is 19.3. The summed E-state index contributed by atoms with van der Waals surface area (Å²) in [6, 6.07) is 9.56. The number of nitrogens with one attached hydrogen (secondary N) is 2. The monoisotopic (exact) mass is 397 g/mol. The number of benzene rings is 2. The fourth-order valence-electron chi connectivity index (χ4n) is 2.17. The number of nitriles is 1. The summed E-state index contributed by atoms with van der Waals surface area (Å²) >= 11 is 11.9. The second kappa shape index (κ2) is 8.26. The minimum absolute atomic E-state index is 0.0926. The highest BCUT2D eigenvalue weighted by Gasteiger charge is 2.31. The zero-order valence-electron chi connectivity index (χ0n) is 13.2. The molecule has 2 aromatic rings. The molecule has 0 aliphatic rings. The van der Waals surface area contributed by atoms with Crippen molar-refractivity contribution in [3.05, 3.63) is 75.3 Å². The first kappa shape index (κ1) is 19.8. The number of rotatable bonds is 5. The molecule has 0 aromatic heterocycles. The Kier molecular flexibility index (Phi) is 6.30. The molecule has 0 aliphatic carbocycles. The second-order valence-electron chi connectivity index (χ2n) is 5.22. The van der Waals surface area contributed by atoms with Gasteiger partial charge in [-0.25, -0.2) is 0 Å². The highest BCUT2D eigenvalue weighted by Crippen LogP contribution is 2.33. The van der Waals surface area contributed by atoms with Gasteiger partial charge in [0.15, 0.2) is 0 Å². The van der Waals surface area contributed by atoms with Crippen molar-refractivity contribution in [3.8, 4) is 6.07 Å². The lowest BCUT2D eigenvalue weighted by atomic mass is 10.0. The molecule has 0 radical (unpaired) electrons. The van der Waals surface area contributed by atoms with Gasteiger partial charge in [-0.2, -0.15) is 18.4 Å². The van der Waals surface area contributed by atoms with Crippen molar-refractivity contribution in [2.24, 2.45) is 0 Å². The predicted octanol–water partition coefficient (Wildman–Crippen LogP) is 6.07. The molecule has 0 spiro atoms. The van der Waals surface area contributed by atoms with Crippen molar-refractivity contribution in [3.63, 3.8) is 0 Å². The predicted molar refractivity (Wildman–Crippen MR) is 96.8 cm³/mol. The van der Waals surface area contributed by atoms with Crippen LogP contribution in [0.2, 0.25) is 10.0 Å². The number of hydrogen-bond acceptors (Lipinski definition) is 3. The van der Waals surface area contributed by atoms with E-state index in [1.165, 1.54) is 18.2 Å². The Morgan fingerprint density at radius 2 is 1.92 bits per heavy atom. The molecule has 0 amide bonds. The smallest absolute Gasteiger partial charge is 0.380 e. The van der Waals surface area contributed by atoms with Gasteiger partial charge in [-0.15, -0.1) is 0 Å². The third-order valence-corrected chi connectivity index (χ3v) is 4.03. The summed E-state index contributed by atoms with van der Waals surface area (Å²) in [5.74, 6) is 0. The minimum Gasteiger partial charge on any atom is -0.380 e. The van der Waals surface area contributed by atoms with Crippen LogP contribution >= 0.6 is 23.2 Å². The van der Waals surface area contributed by atoms with Gasteiger partial charge in [-0.1, -0.05) is 35.3 Å². The lowest BCUT2D eigenvalue weighted by molar-refractivity contribution is -0.137.